The van der Waals surface area contributed by atoms with E-state index in [-0.39, 0.29) is 0 Å². The summed E-state index contributed by atoms with van der Waals surface area (Å²) in [6.45, 7) is 1.29. The molecular weight excluding hydrogens is 243 g/mol. The van der Waals surface area contributed by atoms with Gasteiger partial charge in [0.25, 0.3) is 0 Å². The molecule has 0 bridgehead atoms. The Bertz CT molecular complexity index is 209. The zero-order chi connectivity index (χ0) is 8.58. The summed E-state index contributed by atoms with van der Waals surface area (Å²) >= 11 is 8.12. The van der Waals surface area contributed by atoms with Gasteiger partial charge >= 0.3 is 0 Å². The van der Waals surface area contributed by atoms with Gasteiger partial charge in [-0.2, -0.15) is 0 Å². The molecule has 6 heteroatoms. The normalized spacial score (nSPS) is 21.7. The molecule has 2 atom stereocenters. The third-order valence-corrected chi connectivity index (χ3v) is 5.89. The van der Waals surface area contributed by atoms with Crippen molar-refractivity contribution in [3.05, 3.63) is 0 Å². The molecule has 0 spiro atoms. The van der Waals surface area contributed by atoms with Gasteiger partial charge < -0.3 is 5.11 Å². The number of rotatable bonds is 2. The smallest absolute Gasteiger partial charge is 0.224 e. The van der Waals surface area contributed by atoms with Gasteiger partial charge in [0, 0.05) is 6.26 Å². The second kappa shape index (κ2) is 2.97. The van der Waals surface area contributed by atoms with Crippen molar-refractivity contribution in [2.24, 2.45) is 0 Å². The van der Waals surface area contributed by atoms with E-state index >= 15 is 0 Å². The van der Waals surface area contributed by atoms with E-state index in [0.717, 1.165) is 6.26 Å². The van der Waals surface area contributed by atoms with E-state index in [0.29, 0.717) is 0 Å². The first-order chi connectivity index (χ1) is 4.19. The molecule has 0 aliphatic rings. The predicted octanol–water partition coefficient (Wildman–Crippen LogP) is 0.699. The summed E-state index contributed by atoms with van der Waals surface area (Å²) in [5.74, 6) is 0. The maximum absolute atomic E-state index is 10.8. The number of aliphatic hydroxyl groups excluding tert-OH is 1. The minimum Gasteiger partial charge on any atom is -0.390 e. The van der Waals surface area contributed by atoms with Gasteiger partial charge in [-0.15, -0.1) is 0 Å². The summed E-state index contributed by atoms with van der Waals surface area (Å²) < 4.78 is 19.8. The number of hydrogen-bond donors (Lipinski definition) is 1. The number of aliphatic hydroxyl groups is 1. The predicted molar refractivity (Wildman–Crippen MR) is 44.0 cm³/mol. The van der Waals surface area contributed by atoms with E-state index < -0.39 is 19.1 Å². The highest BCUT2D eigenvalue weighted by atomic mass is 79.9. The van der Waals surface area contributed by atoms with Crippen LogP contribution in [0.2, 0.25) is 0 Å². The zero-order valence-corrected chi connectivity index (χ0v) is 8.66. The molecule has 0 heterocycles. The molecule has 0 aliphatic heterocycles. The number of halogens is 2. The second-order valence-electron chi connectivity index (χ2n) is 2.01. The molecule has 0 saturated carbocycles. The number of hydrogen-bond acceptors (Lipinski definition) is 3. The molecule has 0 rings (SSSR count). The Balaban J connectivity index is 4.76. The van der Waals surface area contributed by atoms with Crippen molar-refractivity contribution in [3.8, 4) is 0 Å². The molecule has 0 amide bonds. The van der Waals surface area contributed by atoms with Crippen molar-refractivity contribution < 1.29 is 13.5 Å². The van der Waals surface area contributed by atoms with Crippen LogP contribution in [0.5, 0.6) is 0 Å². The first kappa shape index (κ1) is 10.7. The molecular formula is C4H8BrClO3S. The Morgan fingerprint density at radius 3 is 2.00 bits per heavy atom. The fourth-order valence-corrected chi connectivity index (χ4v) is 0.929. The SMILES string of the molecule is C[C@H](O)[C@](Cl)(Br)S(C)(=O)=O. The molecule has 10 heavy (non-hydrogen) atoms. The number of alkyl halides is 2. The van der Waals surface area contributed by atoms with Crippen LogP contribution in [0.4, 0.5) is 0 Å². The lowest BCUT2D eigenvalue weighted by atomic mass is 10.5. The second-order valence-corrected chi connectivity index (χ2v) is 7.25. The van der Waals surface area contributed by atoms with E-state index in [4.69, 9.17) is 16.7 Å². The molecule has 0 aromatic rings. The Kier molecular flexibility index (Phi) is 3.17. The Morgan fingerprint density at radius 1 is 1.70 bits per heavy atom. The maximum atomic E-state index is 10.8. The van der Waals surface area contributed by atoms with Gasteiger partial charge in [-0.1, -0.05) is 11.6 Å². The van der Waals surface area contributed by atoms with Gasteiger partial charge in [0.1, 0.15) is 0 Å². The van der Waals surface area contributed by atoms with Gasteiger partial charge in [0.15, 0.2) is 9.84 Å². The molecule has 0 aliphatic carbocycles. The summed E-state index contributed by atoms with van der Waals surface area (Å²) in [5.41, 5.74) is 0. The van der Waals surface area contributed by atoms with E-state index in [1.54, 1.807) is 0 Å². The summed E-state index contributed by atoms with van der Waals surface area (Å²) in [7, 11) is -3.47. The summed E-state index contributed by atoms with van der Waals surface area (Å²) in [4.78, 5) is 0. The van der Waals surface area contributed by atoms with Crippen LogP contribution in [0.15, 0.2) is 0 Å². The molecule has 1 N–H and O–H groups in total. The minimum atomic E-state index is -3.47. The van der Waals surface area contributed by atoms with E-state index in [1.807, 2.05) is 0 Å². The third kappa shape index (κ3) is 2.08. The van der Waals surface area contributed by atoms with E-state index in [9.17, 15) is 8.42 Å². The fourth-order valence-electron chi connectivity index (χ4n) is 0.310. The highest BCUT2D eigenvalue weighted by Gasteiger charge is 2.40. The first-order valence-electron chi connectivity index (χ1n) is 2.45. The quantitative estimate of drug-likeness (QED) is 0.735. The van der Waals surface area contributed by atoms with Crippen LogP contribution >= 0.6 is 27.5 Å². The van der Waals surface area contributed by atoms with Crippen molar-refractivity contribution in [1.29, 1.82) is 0 Å². The van der Waals surface area contributed by atoms with Crippen LogP contribution in [0.25, 0.3) is 0 Å². The van der Waals surface area contributed by atoms with Gasteiger partial charge in [-0.05, 0) is 22.9 Å². The lowest BCUT2D eigenvalue weighted by Gasteiger charge is -2.20. The molecule has 0 aromatic carbocycles. The van der Waals surface area contributed by atoms with Gasteiger partial charge in [0.05, 0.1) is 6.10 Å². The van der Waals surface area contributed by atoms with Crippen molar-refractivity contribution in [3.63, 3.8) is 0 Å². The van der Waals surface area contributed by atoms with Crippen molar-refractivity contribution >= 4 is 37.4 Å². The molecule has 0 unspecified atom stereocenters. The molecule has 3 nitrogen and oxygen atoms in total. The van der Waals surface area contributed by atoms with Crippen LogP contribution in [-0.2, 0) is 9.84 Å². The molecule has 0 radical (unpaired) electrons. The van der Waals surface area contributed by atoms with Crippen LogP contribution in [0.1, 0.15) is 6.92 Å². The largest absolute Gasteiger partial charge is 0.390 e. The van der Waals surface area contributed by atoms with Crippen molar-refractivity contribution in [2.45, 2.75) is 16.1 Å². The topological polar surface area (TPSA) is 54.4 Å². The monoisotopic (exact) mass is 250 g/mol. The Morgan fingerprint density at radius 2 is 2.00 bits per heavy atom. The first-order valence-corrected chi connectivity index (χ1v) is 5.51. The average molecular weight is 252 g/mol. The van der Waals surface area contributed by atoms with Crippen LogP contribution in [0.3, 0.4) is 0 Å². The average Bonchev–Trinajstić information content (AvgIpc) is 1.62. The maximum Gasteiger partial charge on any atom is 0.224 e. The lowest BCUT2D eigenvalue weighted by molar-refractivity contribution is 0.202. The number of sulfone groups is 1. The lowest BCUT2D eigenvalue weighted by Crippen LogP contribution is -2.35. The summed E-state index contributed by atoms with van der Waals surface area (Å²) in [6, 6.07) is 0. The highest BCUT2D eigenvalue weighted by Crippen LogP contribution is 2.33. The summed E-state index contributed by atoms with van der Waals surface area (Å²) in [5, 5.41) is 8.86. The Hall–Kier alpha value is 0.680. The molecule has 0 saturated heterocycles. The molecule has 0 fully saturated rings. The van der Waals surface area contributed by atoms with Crippen LogP contribution < -0.4 is 0 Å². The van der Waals surface area contributed by atoms with Gasteiger partial charge in [0.2, 0.25) is 3.12 Å². The van der Waals surface area contributed by atoms with Crippen LogP contribution in [-0.4, -0.2) is 29.0 Å². The van der Waals surface area contributed by atoms with E-state index in [1.165, 1.54) is 6.92 Å². The van der Waals surface area contributed by atoms with Gasteiger partial charge in [-0.3, -0.25) is 0 Å². The van der Waals surface area contributed by atoms with Crippen LogP contribution in [0, 0.1) is 0 Å². The Labute approximate surface area is 73.4 Å². The summed E-state index contributed by atoms with van der Waals surface area (Å²) in [6.07, 6.45) is -0.203. The van der Waals surface area contributed by atoms with Gasteiger partial charge in [-0.25, -0.2) is 8.42 Å². The third-order valence-electron chi connectivity index (χ3n) is 0.981. The highest BCUT2D eigenvalue weighted by molar-refractivity contribution is 9.12. The molecule has 0 aromatic heterocycles. The van der Waals surface area contributed by atoms with Crippen molar-refractivity contribution in [1.82, 2.24) is 0 Å². The minimum absolute atomic E-state index is 0.946. The molecule has 62 valence electrons. The standard InChI is InChI=1S/C4H8BrClO3S/c1-3(7)4(5,6)10(2,8)9/h3,7H,1-2H3/t3-,4+/m0/s1. The zero-order valence-electron chi connectivity index (χ0n) is 5.51. The fraction of sp³-hybridized carbons (Fsp3) is 1.00. The van der Waals surface area contributed by atoms with E-state index in [2.05, 4.69) is 15.9 Å². The van der Waals surface area contributed by atoms with Crippen molar-refractivity contribution in [2.75, 3.05) is 6.26 Å².